The Morgan fingerprint density at radius 1 is 1.62 bits per heavy atom. The number of esters is 1. The molecular formula is C10H17N3O3. The number of urea groups is 1. The predicted molar refractivity (Wildman–Crippen MR) is 59.1 cm³/mol. The molecule has 0 aliphatic carbocycles. The van der Waals surface area contributed by atoms with Gasteiger partial charge in [0.1, 0.15) is 6.61 Å². The number of carbonyl (C=O) groups excluding carboxylic acids is 2. The average Bonchev–Trinajstić information content (AvgIpc) is 2.52. The van der Waals surface area contributed by atoms with Crippen molar-refractivity contribution in [3.05, 3.63) is 0 Å². The summed E-state index contributed by atoms with van der Waals surface area (Å²) in [4.78, 5) is 22.1. The van der Waals surface area contributed by atoms with Gasteiger partial charge in [0.05, 0.1) is 12.6 Å². The monoisotopic (exact) mass is 227 g/mol. The van der Waals surface area contributed by atoms with E-state index in [9.17, 15) is 9.59 Å². The molecule has 16 heavy (non-hydrogen) atoms. The summed E-state index contributed by atoms with van der Waals surface area (Å²) in [5, 5.41) is 8.17. The molecule has 0 fully saturated rings. The molecule has 1 N–H and O–H groups in total. The molecule has 6 heteroatoms. The third-order valence-electron chi connectivity index (χ3n) is 2.18. The summed E-state index contributed by atoms with van der Waals surface area (Å²) in [7, 11) is 0. The summed E-state index contributed by atoms with van der Waals surface area (Å²) in [6.07, 6.45) is 0.803. The van der Waals surface area contributed by atoms with Gasteiger partial charge in [-0.3, -0.25) is 4.79 Å². The molecule has 1 aliphatic heterocycles. The van der Waals surface area contributed by atoms with E-state index in [1.54, 1.807) is 0 Å². The van der Waals surface area contributed by atoms with Crippen molar-refractivity contribution < 1.29 is 14.3 Å². The van der Waals surface area contributed by atoms with Gasteiger partial charge in [-0.25, -0.2) is 9.80 Å². The van der Waals surface area contributed by atoms with Crippen LogP contribution in [0.2, 0.25) is 0 Å². The Balaban J connectivity index is 2.27. The summed E-state index contributed by atoms with van der Waals surface area (Å²) in [5.41, 5.74) is 0.947. The third-order valence-corrected chi connectivity index (χ3v) is 2.18. The largest absolute Gasteiger partial charge is 0.464 e. The minimum atomic E-state index is -0.349. The molecule has 1 rings (SSSR count). The molecule has 0 aromatic heterocycles. The van der Waals surface area contributed by atoms with Gasteiger partial charge in [-0.15, -0.1) is 0 Å². The highest BCUT2D eigenvalue weighted by molar-refractivity contribution is 5.87. The number of carbonyl (C=O) groups is 2. The molecule has 0 aromatic rings. The zero-order valence-electron chi connectivity index (χ0n) is 9.82. The van der Waals surface area contributed by atoms with Crippen LogP contribution in [0.1, 0.15) is 27.2 Å². The summed E-state index contributed by atoms with van der Waals surface area (Å²) >= 11 is 0. The maximum absolute atomic E-state index is 11.6. The molecule has 1 unspecified atom stereocenters. The van der Waals surface area contributed by atoms with Crippen LogP contribution in [0, 0.1) is 0 Å². The Bertz CT molecular complexity index is 314. The van der Waals surface area contributed by atoms with E-state index < -0.39 is 0 Å². The van der Waals surface area contributed by atoms with Crippen LogP contribution >= 0.6 is 0 Å². The number of hydrogen-bond donors (Lipinski definition) is 1. The number of hydrogen-bond acceptors (Lipinski definition) is 4. The Labute approximate surface area is 94.6 Å². The summed E-state index contributed by atoms with van der Waals surface area (Å²) in [6, 6.07) is -0.162. The molecule has 0 bridgehead atoms. The Kier molecular flexibility index (Phi) is 4.28. The molecule has 2 amide bonds. The number of rotatable bonds is 3. The van der Waals surface area contributed by atoms with Crippen molar-refractivity contribution in [2.24, 2.45) is 5.10 Å². The topological polar surface area (TPSA) is 71.0 Å². The molecule has 0 spiro atoms. The second-order valence-corrected chi connectivity index (χ2v) is 3.80. The first-order chi connectivity index (χ1) is 7.50. The highest BCUT2D eigenvalue weighted by Gasteiger charge is 2.25. The number of nitrogens with zero attached hydrogens (tertiary/aromatic N) is 2. The van der Waals surface area contributed by atoms with E-state index in [1.165, 1.54) is 11.9 Å². The first-order valence-corrected chi connectivity index (χ1v) is 5.25. The van der Waals surface area contributed by atoms with Gasteiger partial charge in [0.2, 0.25) is 0 Å². The van der Waals surface area contributed by atoms with Crippen molar-refractivity contribution in [1.29, 1.82) is 0 Å². The Hall–Kier alpha value is -1.59. The van der Waals surface area contributed by atoms with Gasteiger partial charge in [0.25, 0.3) is 0 Å². The lowest BCUT2D eigenvalue weighted by atomic mass is 10.2. The van der Waals surface area contributed by atoms with Gasteiger partial charge >= 0.3 is 12.0 Å². The van der Waals surface area contributed by atoms with Crippen molar-refractivity contribution in [1.82, 2.24) is 10.3 Å². The smallest absolute Gasteiger partial charge is 0.338 e. The number of amides is 2. The van der Waals surface area contributed by atoms with Crippen LogP contribution in [0.3, 0.4) is 0 Å². The number of nitrogens with one attached hydrogen (secondary N) is 1. The summed E-state index contributed by atoms with van der Waals surface area (Å²) in [6.45, 7) is 5.65. The van der Waals surface area contributed by atoms with Gasteiger partial charge < -0.3 is 10.1 Å². The van der Waals surface area contributed by atoms with Crippen molar-refractivity contribution in [3.63, 3.8) is 0 Å². The molecule has 0 saturated carbocycles. The molecule has 1 aliphatic rings. The highest BCUT2D eigenvalue weighted by Crippen LogP contribution is 2.14. The minimum Gasteiger partial charge on any atom is -0.464 e. The van der Waals surface area contributed by atoms with Gasteiger partial charge in [-0.2, -0.15) is 5.10 Å². The lowest BCUT2D eigenvalue weighted by molar-refractivity contribution is -0.140. The van der Waals surface area contributed by atoms with Gasteiger partial charge in [-0.1, -0.05) is 0 Å². The highest BCUT2D eigenvalue weighted by atomic mass is 16.5. The van der Waals surface area contributed by atoms with Gasteiger partial charge in [-0.05, 0) is 13.8 Å². The Morgan fingerprint density at radius 3 is 2.81 bits per heavy atom. The van der Waals surface area contributed by atoms with Crippen molar-refractivity contribution in [3.8, 4) is 0 Å². The van der Waals surface area contributed by atoms with Crippen LogP contribution in [-0.4, -0.2) is 41.9 Å². The molecule has 0 radical (unpaired) electrons. The molecular weight excluding hydrogens is 210 g/mol. The minimum absolute atomic E-state index is 0.0914. The SMILES string of the molecule is CC(=O)OCCNC(=O)N1N=C(C)CC1C. The lowest BCUT2D eigenvalue weighted by Gasteiger charge is -2.18. The van der Waals surface area contributed by atoms with Crippen LogP contribution in [0.15, 0.2) is 5.10 Å². The third kappa shape index (κ3) is 3.52. The van der Waals surface area contributed by atoms with E-state index >= 15 is 0 Å². The second-order valence-electron chi connectivity index (χ2n) is 3.80. The first kappa shape index (κ1) is 12.5. The zero-order valence-corrected chi connectivity index (χ0v) is 9.82. The maximum Gasteiger partial charge on any atom is 0.338 e. The number of hydrazone groups is 1. The van der Waals surface area contributed by atoms with Crippen molar-refractivity contribution >= 4 is 17.7 Å². The Morgan fingerprint density at radius 2 is 2.31 bits per heavy atom. The molecule has 0 saturated heterocycles. The first-order valence-electron chi connectivity index (χ1n) is 5.25. The molecule has 1 atom stereocenters. The maximum atomic E-state index is 11.6. The lowest BCUT2D eigenvalue weighted by Crippen LogP contribution is -2.40. The standard InChI is InChI=1S/C10H17N3O3/c1-7-6-8(2)13(12-7)10(15)11-4-5-16-9(3)14/h8H,4-6H2,1-3H3,(H,11,15). The van der Waals surface area contributed by atoms with E-state index in [-0.39, 0.29) is 24.6 Å². The fourth-order valence-corrected chi connectivity index (χ4v) is 1.52. The fourth-order valence-electron chi connectivity index (χ4n) is 1.52. The molecule has 90 valence electrons. The van der Waals surface area contributed by atoms with Crippen LogP contribution in [0.4, 0.5) is 4.79 Å². The van der Waals surface area contributed by atoms with Crippen molar-refractivity contribution in [2.45, 2.75) is 33.2 Å². The van der Waals surface area contributed by atoms with Gasteiger partial charge in [0, 0.05) is 19.1 Å². The average molecular weight is 227 g/mol. The van der Waals surface area contributed by atoms with E-state index in [0.29, 0.717) is 6.54 Å². The number of ether oxygens (including phenoxy) is 1. The van der Waals surface area contributed by atoms with Crippen LogP contribution in [0.5, 0.6) is 0 Å². The fraction of sp³-hybridized carbons (Fsp3) is 0.700. The summed E-state index contributed by atoms with van der Waals surface area (Å²) < 4.78 is 4.69. The molecule has 1 heterocycles. The molecule has 6 nitrogen and oxygen atoms in total. The van der Waals surface area contributed by atoms with Crippen LogP contribution in [-0.2, 0) is 9.53 Å². The van der Waals surface area contributed by atoms with E-state index in [1.807, 2.05) is 13.8 Å². The second kappa shape index (κ2) is 5.48. The predicted octanol–water partition coefficient (Wildman–Crippen LogP) is 0.729. The van der Waals surface area contributed by atoms with E-state index in [0.717, 1.165) is 12.1 Å². The normalized spacial score (nSPS) is 19.3. The van der Waals surface area contributed by atoms with E-state index in [4.69, 9.17) is 4.74 Å². The van der Waals surface area contributed by atoms with Gasteiger partial charge in [0.15, 0.2) is 0 Å². The van der Waals surface area contributed by atoms with Crippen LogP contribution < -0.4 is 5.32 Å². The molecule has 0 aromatic carbocycles. The van der Waals surface area contributed by atoms with Crippen molar-refractivity contribution in [2.75, 3.05) is 13.2 Å². The van der Waals surface area contributed by atoms with E-state index in [2.05, 4.69) is 10.4 Å². The zero-order chi connectivity index (χ0) is 12.1. The van der Waals surface area contributed by atoms with Crippen LogP contribution in [0.25, 0.3) is 0 Å². The quantitative estimate of drug-likeness (QED) is 0.570. The summed E-state index contributed by atoms with van der Waals surface area (Å²) in [5.74, 6) is -0.349.